The molecule has 1 N–H and O–H groups in total. The van der Waals surface area contributed by atoms with Gasteiger partial charge >= 0.3 is 0 Å². The molecule has 0 unspecified atom stereocenters. The first-order valence-electron chi connectivity index (χ1n) is 5.66. The molecular weight excluding hydrogens is 371 g/mol. The van der Waals surface area contributed by atoms with E-state index in [4.69, 9.17) is 0 Å². The van der Waals surface area contributed by atoms with Gasteiger partial charge in [-0.3, -0.25) is 4.72 Å². The third kappa shape index (κ3) is 3.56. The van der Waals surface area contributed by atoms with Gasteiger partial charge < -0.3 is 0 Å². The van der Waals surface area contributed by atoms with Crippen LogP contribution in [-0.4, -0.2) is 8.42 Å². The summed E-state index contributed by atoms with van der Waals surface area (Å²) in [5, 5.41) is 0.565. The minimum absolute atomic E-state index is 0.0719. The molecule has 0 aliphatic heterocycles. The van der Waals surface area contributed by atoms with E-state index in [9.17, 15) is 21.6 Å². The molecule has 0 amide bonds. The van der Waals surface area contributed by atoms with E-state index in [1.54, 1.807) is 12.1 Å². The van der Waals surface area contributed by atoms with Gasteiger partial charge in [0.25, 0.3) is 10.0 Å². The van der Waals surface area contributed by atoms with Crippen LogP contribution < -0.4 is 4.72 Å². The third-order valence-electron chi connectivity index (χ3n) is 2.62. The number of anilines is 1. The molecule has 21 heavy (non-hydrogen) atoms. The zero-order valence-electron chi connectivity index (χ0n) is 10.4. The van der Waals surface area contributed by atoms with E-state index >= 15 is 0 Å². The molecule has 0 atom stereocenters. The molecule has 0 aliphatic carbocycles. The summed E-state index contributed by atoms with van der Waals surface area (Å²) in [6.45, 7) is 0. The quantitative estimate of drug-likeness (QED) is 0.648. The Morgan fingerprint density at radius 2 is 1.52 bits per heavy atom. The van der Waals surface area contributed by atoms with Gasteiger partial charge in [0.1, 0.15) is 0 Å². The Balaban J connectivity index is 2.32. The van der Waals surface area contributed by atoms with Gasteiger partial charge in [-0.2, -0.15) is 0 Å². The van der Waals surface area contributed by atoms with Crippen LogP contribution in [0.3, 0.4) is 0 Å². The number of alkyl halides is 1. The second-order valence-electron chi connectivity index (χ2n) is 4.14. The molecule has 0 heterocycles. The van der Waals surface area contributed by atoms with Crippen molar-refractivity contribution in [3.63, 3.8) is 0 Å². The van der Waals surface area contributed by atoms with Crippen molar-refractivity contribution < 1.29 is 21.6 Å². The molecule has 0 fully saturated rings. The Morgan fingerprint density at radius 3 is 2.00 bits per heavy atom. The SMILES string of the molecule is O=S(=O)(Nc1cc(F)c(F)c(F)c1)c1ccc(CBr)cc1. The van der Waals surface area contributed by atoms with Crippen molar-refractivity contribution in [1.29, 1.82) is 0 Å². The molecule has 2 rings (SSSR count). The minimum Gasteiger partial charge on any atom is -0.279 e. The molecule has 2 aromatic carbocycles. The summed E-state index contributed by atoms with van der Waals surface area (Å²) in [5.41, 5.74) is 0.476. The topological polar surface area (TPSA) is 46.2 Å². The van der Waals surface area contributed by atoms with E-state index in [1.807, 2.05) is 4.72 Å². The lowest BCUT2D eigenvalue weighted by Crippen LogP contribution is -2.13. The molecule has 8 heteroatoms. The fraction of sp³-hybridized carbons (Fsp3) is 0.0769. The Kier molecular flexibility index (Phi) is 4.58. The van der Waals surface area contributed by atoms with E-state index in [0.29, 0.717) is 17.5 Å². The van der Waals surface area contributed by atoms with Crippen molar-refractivity contribution in [3.8, 4) is 0 Å². The number of rotatable bonds is 4. The number of benzene rings is 2. The summed E-state index contributed by atoms with van der Waals surface area (Å²) < 4.78 is 65.0. The van der Waals surface area contributed by atoms with Crippen molar-refractivity contribution in [2.75, 3.05) is 4.72 Å². The van der Waals surface area contributed by atoms with Crippen molar-refractivity contribution in [2.45, 2.75) is 10.2 Å². The van der Waals surface area contributed by atoms with Crippen LogP contribution in [0.5, 0.6) is 0 Å². The second-order valence-corrected chi connectivity index (χ2v) is 6.38. The molecule has 0 bridgehead atoms. The lowest BCUT2D eigenvalue weighted by atomic mass is 10.2. The predicted octanol–water partition coefficient (Wildman–Crippen LogP) is 3.80. The Morgan fingerprint density at radius 1 is 1.00 bits per heavy atom. The zero-order chi connectivity index (χ0) is 15.6. The van der Waals surface area contributed by atoms with Gasteiger partial charge in [0.05, 0.1) is 10.6 Å². The molecule has 112 valence electrons. The van der Waals surface area contributed by atoms with Crippen LogP contribution in [0.1, 0.15) is 5.56 Å². The van der Waals surface area contributed by atoms with E-state index in [-0.39, 0.29) is 4.90 Å². The Hall–Kier alpha value is -1.54. The smallest absolute Gasteiger partial charge is 0.261 e. The average molecular weight is 380 g/mol. The van der Waals surface area contributed by atoms with Crippen LogP contribution in [0.2, 0.25) is 0 Å². The molecule has 0 spiro atoms. The largest absolute Gasteiger partial charge is 0.279 e. The van der Waals surface area contributed by atoms with E-state index in [0.717, 1.165) is 5.56 Å². The molecule has 0 radical (unpaired) electrons. The van der Waals surface area contributed by atoms with E-state index < -0.39 is 33.2 Å². The summed E-state index contributed by atoms with van der Waals surface area (Å²) >= 11 is 3.23. The normalized spacial score (nSPS) is 11.4. The van der Waals surface area contributed by atoms with Crippen molar-refractivity contribution in [1.82, 2.24) is 0 Å². The first-order valence-corrected chi connectivity index (χ1v) is 8.26. The molecule has 0 aromatic heterocycles. The maximum atomic E-state index is 13.1. The number of hydrogen-bond donors (Lipinski definition) is 1. The first-order chi connectivity index (χ1) is 9.83. The first kappa shape index (κ1) is 15.8. The number of hydrogen-bond acceptors (Lipinski definition) is 2. The molecule has 0 saturated carbocycles. The molecule has 0 aliphatic rings. The van der Waals surface area contributed by atoms with Crippen LogP contribution in [0.25, 0.3) is 0 Å². The lowest BCUT2D eigenvalue weighted by Gasteiger charge is -2.09. The van der Waals surface area contributed by atoms with Gasteiger partial charge in [0, 0.05) is 17.5 Å². The molecule has 0 saturated heterocycles. The van der Waals surface area contributed by atoms with Gasteiger partial charge in [0.15, 0.2) is 17.5 Å². The van der Waals surface area contributed by atoms with E-state index in [1.165, 1.54) is 12.1 Å². The number of sulfonamides is 1. The summed E-state index contributed by atoms with van der Waals surface area (Å²) in [7, 11) is -4.01. The standard InChI is InChI=1S/C13H9BrF3NO2S/c14-7-8-1-3-10(4-2-8)21(19,20)18-9-5-11(15)13(17)12(16)6-9/h1-6,18H,7H2. The fourth-order valence-electron chi connectivity index (χ4n) is 1.59. The number of halogens is 4. The van der Waals surface area contributed by atoms with Crippen LogP contribution in [0.4, 0.5) is 18.9 Å². The van der Waals surface area contributed by atoms with E-state index in [2.05, 4.69) is 15.9 Å². The van der Waals surface area contributed by atoms with Gasteiger partial charge in [-0.05, 0) is 17.7 Å². The number of nitrogens with one attached hydrogen (secondary N) is 1. The fourth-order valence-corrected chi connectivity index (χ4v) is 3.00. The van der Waals surface area contributed by atoms with Crippen LogP contribution in [0.15, 0.2) is 41.3 Å². The second kappa shape index (κ2) is 6.07. The van der Waals surface area contributed by atoms with Crippen LogP contribution in [0, 0.1) is 17.5 Å². The summed E-state index contributed by atoms with van der Waals surface area (Å²) in [5.74, 6) is -4.59. The maximum absolute atomic E-state index is 13.1. The van der Waals surface area contributed by atoms with Crippen molar-refractivity contribution in [2.24, 2.45) is 0 Å². The zero-order valence-corrected chi connectivity index (χ0v) is 12.8. The minimum atomic E-state index is -4.01. The Bertz CT molecular complexity index is 740. The summed E-state index contributed by atoms with van der Waals surface area (Å²) in [6.07, 6.45) is 0. The van der Waals surface area contributed by atoms with Gasteiger partial charge in [-0.25, -0.2) is 21.6 Å². The van der Waals surface area contributed by atoms with Crippen molar-refractivity contribution >= 4 is 31.6 Å². The molecular formula is C13H9BrF3NO2S. The highest BCUT2D eigenvalue weighted by Crippen LogP contribution is 2.21. The summed E-state index contributed by atoms with van der Waals surface area (Å²) in [6, 6.07) is 7.04. The summed E-state index contributed by atoms with van der Waals surface area (Å²) in [4.78, 5) is -0.0719. The highest BCUT2D eigenvalue weighted by atomic mass is 79.9. The molecule has 2 aromatic rings. The van der Waals surface area contributed by atoms with Gasteiger partial charge in [-0.1, -0.05) is 28.1 Å². The van der Waals surface area contributed by atoms with Crippen LogP contribution in [-0.2, 0) is 15.4 Å². The molecule has 3 nitrogen and oxygen atoms in total. The monoisotopic (exact) mass is 379 g/mol. The Labute approximate surface area is 128 Å². The third-order valence-corrected chi connectivity index (χ3v) is 4.67. The van der Waals surface area contributed by atoms with Crippen LogP contribution >= 0.6 is 15.9 Å². The maximum Gasteiger partial charge on any atom is 0.261 e. The average Bonchev–Trinajstić information content (AvgIpc) is 2.44. The van der Waals surface area contributed by atoms with Gasteiger partial charge in [-0.15, -0.1) is 0 Å². The lowest BCUT2D eigenvalue weighted by molar-refractivity contribution is 0.448. The predicted molar refractivity (Wildman–Crippen MR) is 76.2 cm³/mol. The highest BCUT2D eigenvalue weighted by molar-refractivity contribution is 9.08. The van der Waals surface area contributed by atoms with Gasteiger partial charge in [0.2, 0.25) is 0 Å². The highest BCUT2D eigenvalue weighted by Gasteiger charge is 2.17. The van der Waals surface area contributed by atoms with Crippen molar-refractivity contribution in [3.05, 3.63) is 59.4 Å².